The van der Waals surface area contributed by atoms with Crippen LogP contribution in [0.15, 0.2) is 35.7 Å². The standard InChI is InChI=1S/C14H14N2S/c1-11-5-3-6-12(9-15)14(11)16(2)10-13-7-4-8-17-13/h3-8H,10H2,1-2H3. The van der Waals surface area contributed by atoms with Crippen molar-refractivity contribution in [1.82, 2.24) is 0 Å². The van der Waals surface area contributed by atoms with Crippen molar-refractivity contribution in [2.24, 2.45) is 0 Å². The molecule has 17 heavy (non-hydrogen) atoms. The minimum Gasteiger partial charge on any atom is -0.368 e. The fourth-order valence-corrected chi connectivity index (χ4v) is 2.73. The van der Waals surface area contributed by atoms with Gasteiger partial charge < -0.3 is 4.90 Å². The lowest BCUT2D eigenvalue weighted by molar-refractivity contribution is 0.931. The van der Waals surface area contributed by atoms with Crippen molar-refractivity contribution in [2.75, 3.05) is 11.9 Å². The van der Waals surface area contributed by atoms with Crippen LogP contribution in [-0.4, -0.2) is 7.05 Å². The first-order valence-corrected chi connectivity index (χ1v) is 6.33. The normalized spacial score (nSPS) is 9.94. The predicted octanol–water partition coefficient (Wildman–Crippen LogP) is 3.56. The lowest BCUT2D eigenvalue weighted by Crippen LogP contribution is -2.18. The molecule has 0 N–H and O–H groups in total. The molecule has 0 aliphatic rings. The molecule has 1 aromatic heterocycles. The Morgan fingerprint density at radius 3 is 2.76 bits per heavy atom. The highest BCUT2D eigenvalue weighted by Crippen LogP contribution is 2.25. The summed E-state index contributed by atoms with van der Waals surface area (Å²) in [7, 11) is 2.03. The van der Waals surface area contributed by atoms with E-state index in [1.807, 2.05) is 32.2 Å². The molecule has 0 aliphatic carbocycles. The summed E-state index contributed by atoms with van der Waals surface area (Å²) in [5.74, 6) is 0. The molecule has 2 nitrogen and oxygen atoms in total. The fourth-order valence-electron chi connectivity index (χ4n) is 1.97. The zero-order valence-electron chi connectivity index (χ0n) is 9.97. The number of hydrogen-bond donors (Lipinski definition) is 0. The summed E-state index contributed by atoms with van der Waals surface area (Å²) in [5.41, 5.74) is 2.91. The van der Waals surface area contributed by atoms with E-state index in [-0.39, 0.29) is 0 Å². The van der Waals surface area contributed by atoms with Gasteiger partial charge in [-0.25, -0.2) is 0 Å². The Kier molecular flexibility index (Phi) is 3.46. The van der Waals surface area contributed by atoms with Gasteiger partial charge in [0.1, 0.15) is 6.07 Å². The number of thiophene rings is 1. The highest BCUT2D eigenvalue weighted by Gasteiger charge is 2.10. The molecular formula is C14H14N2S. The Morgan fingerprint density at radius 1 is 1.29 bits per heavy atom. The van der Waals surface area contributed by atoms with E-state index in [1.165, 1.54) is 4.88 Å². The zero-order valence-corrected chi connectivity index (χ0v) is 10.8. The smallest absolute Gasteiger partial charge is 0.101 e. The SMILES string of the molecule is Cc1cccc(C#N)c1N(C)Cc1cccs1. The first-order valence-electron chi connectivity index (χ1n) is 5.45. The Hall–Kier alpha value is -1.79. The molecule has 1 aromatic carbocycles. The highest BCUT2D eigenvalue weighted by molar-refractivity contribution is 7.09. The van der Waals surface area contributed by atoms with Gasteiger partial charge in [-0.2, -0.15) is 5.26 Å². The summed E-state index contributed by atoms with van der Waals surface area (Å²) in [4.78, 5) is 3.44. The van der Waals surface area contributed by atoms with E-state index in [1.54, 1.807) is 11.3 Å². The summed E-state index contributed by atoms with van der Waals surface area (Å²) in [6.07, 6.45) is 0. The van der Waals surface area contributed by atoms with Gasteiger partial charge in [0.25, 0.3) is 0 Å². The maximum absolute atomic E-state index is 9.14. The van der Waals surface area contributed by atoms with Crippen molar-refractivity contribution in [1.29, 1.82) is 5.26 Å². The van der Waals surface area contributed by atoms with Crippen LogP contribution in [0.25, 0.3) is 0 Å². The van der Waals surface area contributed by atoms with E-state index in [0.717, 1.165) is 23.4 Å². The van der Waals surface area contributed by atoms with Crippen LogP contribution in [0, 0.1) is 18.3 Å². The van der Waals surface area contributed by atoms with Crippen molar-refractivity contribution < 1.29 is 0 Å². The van der Waals surface area contributed by atoms with Gasteiger partial charge in [0.2, 0.25) is 0 Å². The Bertz CT molecular complexity index is 538. The van der Waals surface area contributed by atoms with Gasteiger partial charge >= 0.3 is 0 Å². The van der Waals surface area contributed by atoms with Gasteiger partial charge in [-0.1, -0.05) is 18.2 Å². The van der Waals surface area contributed by atoms with Crippen molar-refractivity contribution in [3.8, 4) is 6.07 Å². The summed E-state index contributed by atoms with van der Waals surface area (Å²) >= 11 is 1.74. The van der Waals surface area contributed by atoms with E-state index in [2.05, 4.69) is 28.5 Å². The Balaban J connectivity index is 2.31. The van der Waals surface area contributed by atoms with Crippen LogP contribution in [0.1, 0.15) is 16.0 Å². The molecule has 0 amide bonds. The van der Waals surface area contributed by atoms with E-state index in [9.17, 15) is 0 Å². The first kappa shape index (κ1) is 11.7. The van der Waals surface area contributed by atoms with Crippen molar-refractivity contribution >= 4 is 17.0 Å². The number of anilines is 1. The molecule has 2 aromatic rings. The van der Waals surface area contributed by atoms with Crippen LogP contribution >= 0.6 is 11.3 Å². The summed E-state index contributed by atoms with van der Waals surface area (Å²) in [6.45, 7) is 2.89. The molecule has 0 radical (unpaired) electrons. The molecule has 0 atom stereocenters. The van der Waals surface area contributed by atoms with Gasteiger partial charge in [0.05, 0.1) is 17.8 Å². The average Bonchev–Trinajstić information content (AvgIpc) is 2.81. The van der Waals surface area contributed by atoms with Crippen LogP contribution < -0.4 is 4.90 Å². The molecule has 0 unspecified atom stereocenters. The second kappa shape index (κ2) is 5.03. The van der Waals surface area contributed by atoms with Crippen molar-refractivity contribution in [2.45, 2.75) is 13.5 Å². The van der Waals surface area contributed by atoms with Crippen LogP contribution in [0.2, 0.25) is 0 Å². The molecule has 0 bridgehead atoms. The second-order valence-corrected chi connectivity index (χ2v) is 5.05. The van der Waals surface area contributed by atoms with E-state index < -0.39 is 0 Å². The topological polar surface area (TPSA) is 27.0 Å². The Labute approximate surface area is 106 Å². The largest absolute Gasteiger partial charge is 0.368 e. The summed E-state index contributed by atoms with van der Waals surface area (Å²) in [5, 5.41) is 11.2. The second-order valence-electron chi connectivity index (χ2n) is 4.02. The lowest BCUT2D eigenvalue weighted by Gasteiger charge is -2.21. The quantitative estimate of drug-likeness (QED) is 0.822. The van der Waals surface area contributed by atoms with E-state index >= 15 is 0 Å². The molecule has 3 heteroatoms. The number of hydrogen-bond acceptors (Lipinski definition) is 3. The molecule has 86 valence electrons. The maximum Gasteiger partial charge on any atom is 0.101 e. The van der Waals surface area contributed by atoms with E-state index in [4.69, 9.17) is 5.26 Å². The number of aryl methyl sites for hydroxylation is 1. The molecule has 0 fully saturated rings. The number of nitrogens with zero attached hydrogens (tertiary/aromatic N) is 2. The van der Waals surface area contributed by atoms with Crippen molar-refractivity contribution in [3.05, 3.63) is 51.7 Å². The molecule has 0 aliphatic heterocycles. The van der Waals surface area contributed by atoms with Gasteiger partial charge in [0, 0.05) is 11.9 Å². The monoisotopic (exact) mass is 242 g/mol. The molecule has 0 spiro atoms. The lowest BCUT2D eigenvalue weighted by atomic mass is 10.1. The number of rotatable bonds is 3. The molecule has 0 saturated heterocycles. The average molecular weight is 242 g/mol. The summed E-state index contributed by atoms with van der Waals surface area (Å²) < 4.78 is 0. The molecular weight excluding hydrogens is 228 g/mol. The fraction of sp³-hybridized carbons (Fsp3) is 0.214. The molecule has 2 rings (SSSR count). The molecule has 0 saturated carbocycles. The van der Waals surface area contributed by atoms with Crippen LogP contribution in [0.3, 0.4) is 0 Å². The third kappa shape index (κ3) is 2.48. The van der Waals surface area contributed by atoms with Crippen LogP contribution in [0.4, 0.5) is 5.69 Å². The van der Waals surface area contributed by atoms with Crippen molar-refractivity contribution in [3.63, 3.8) is 0 Å². The van der Waals surface area contributed by atoms with Gasteiger partial charge in [-0.15, -0.1) is 11.3 Å². The van der Waals surface area contributed by atoms with E-state index in [0.29, 0.717) is 0 Å². The third-order valence-electron chi connectivity index (χ3n) is 2.71. The van der Waals surface area contributed by atoms with Gasteiger partial charge in [-0.05, 0) is 30.0 Å². The third-order valence-corrected chi connectivity index (χ3v) is 3.57. The minimum atomic E-state index is 0.740. The van der Waals surface area contributed by atoms with Gasteiger partial charge in [0.15, 0.2) is 0 Å². The van der Waals surface area contributed by atoms with Crippen LogP contribution in [0.5, 0.6) is 0 Å². The first-order chi connectivity index (χ1) is 8.22. The number of benzene rings is 1. The number of para-hydroxylation sites is 1. The molecule has 1 heterocycles. The van der Waals surface area contributed by atoms with Gasteiger partial charge in [-0.3, -0.25) is 0 Å². The Morgan fingerprint density at radius 2 is 2.12 bits per heavy atom. The minimum absolute atomic E-state index is 0.740. The van der Waals surface area contributed by atoms with Crippen LogP contribution in [-0.2, 0) is 6.54 Å². The highest BCUT2D eigenvalue weighted by atomic mass is 32.1. The summed E-state index contributed by atoms with van der Waals surface area (Å²) in [6, 6.07) is 12.3. The maximum atomic E-state index is 9.14. The predicted molar refractivity (Wildman–Crippen MR) is 72.3 cm³/mol. The zero-order chi connectivity index (χ0) is 12.3. The number of nitriles is 1.